The van der Waals surface area contributed by atoms with E-state index in [4.69, 9.17) is 14.2 Å². The highest BCUT2D eigenvalue weighted by Gasteiger charge is 2.52. The first-order chi connectivity index (χ1) is 18.6. The summed E-state index contributed by atoms with van der Waals surface area (Å²) < 4.78 is 16.6. The zero-order valence-corrected chi connectivity index (χ0v) is 23.6. The van der Waals surface area contributed by atoms with Crippen LogP contribution in [0.25, 0.3) is 11.1 Å². The van der Waals surface area contributed by atoms with Crippen LogP contribution in [0, 0.1) is 5.41 Å². The van der Waals surface area contributed by atoms with E-state index in [1.807, 2.05) is 87.5 Å². The molecule has 1 amide bonds. The van der Waals surface area contributed by atoms with Crippen molar-refractivity contribution < 1.29 is 23.8 Å². The number of methoxy groups -OCH3 is 3. The highest BCUT2D eigenvalue weighted by Crippen LogP contribution is 2.41. The predicted molar refractivity (Wildman–Crippen MR) is 153 cm³/mol. The third-order valence-electron chi connectivity index (χ3n) is 7.48. The predicted octanol–water partition coefficient (Wildman–Crippen LogP) is 5.50. The van der Waals surface area contributed by atoms with Crippen LogP contribution in [-0.4, -0.2) is 56.7 Å². The van der Waals surface area contributed by atoms with E-state index in [-0.39, 0.29) is 12.5 Å². The Morgan fingerprint density at radius 3 is 2.18 bits per heavy atom. The number of anilines is 1. The molecule has 1 heterocycles. The normalized spacial score (nSPS) is 19.8. The minimum atomic E-state index is -0.859. The second kappa shape index (κ2) is 11.5. The average molecular weight is 531 g/mol. The Labute approximate surface area is 231 Å². The van der Waals surface area contributed by atoms with Crippen molar-refractivity contribution >= 4 is 17.6 Å². The van der Waals surface area contributed by atoms with Crippen molar-refractivity contribution in [3.05, 3.63) is 84.4 Å². The number of hydrogen-bond acceptors (Lipinski definition) is 6. The number of ether oxygens (including phenoxy) is 3. The fourth-order valence-corrected chi connectivity index (χ4v) is 5.22. The van der Waals surface area contributed by atoms with E-state index < -0.39 is 29.1 Å². The Morgan fingerprint density at radius 1 is 0.923 bits per heavy atom. The molecule has 1 saturated heterocycles. The van der Waals surface area contributed by atoms with Crippen molar-refractivity contribution in [2.75, 3.05) is 33.2 Å². The van der Waals surface area contributed by atoms with Gasteiger partial charge in [0.25, 0.3) is 0 Å². The molecule has 7 nitrogen and oxygen atoms in total. The van der Waals surface area contributed by atoms with E-state index in [9.17, 15) is 9.59 Å². The van der Waals surface area contributed by atoms with Crippen molar-refractivity contribution in [2.24, 2.45) is 5.41 Å². The van der Waals surface area contributed by atoms with Crippen molar-refractivity contribution in [1.29, 1.82) is 0 Å². The molecule has 39 heavy (non-hydrogen) atoms. The Hall–Kier alpha value is -3.84. The molecule has 1 aliphatic rings. The largest absolute Gasteiger partial charge is 0.497 e. The van der Waals surface area contributed by atoms with Crippen LogP contribution in [0.2, 0.25) is 0 Å². The molecule has 0 radical (unpaired) electrons. The summed E-state index contributed by atoms with van der Waals surface area (Å²) in [5, 5.41) is 3.39. The van der Waals surface area contributed by atoms with Gasteiger partial charge in [-0.15, -0.1) is 0 Å². The van der Waals surface area contributed by atoms with Gasteiger partial charge < -0.3 is 24.4 Å². The van der Waals surface area contributed by atoms with Gasteiger partial charge >= 0.3 is 5.97 Å². The Morgan fingerprint density at radius 2 is 1.59 bits per heavy atom. The van der Waals surface area contributed by atoms with Gasteiger partial charge in [-0.25, -0.2) is 4.79 Å². The van der Waals surface area contributed by atoms with Crippen LogP contribution in [0.4, 0.5) is 5.69 Å². The van der Waals surface area contributed by atoms with Gasteiger partial charge in [-0.2, -0.15) is 0 Å². The second-order valence-electron chi connectivity index (χ2n) is 11.0. The molecule has 3 aromatic carbocycles. The summed E-state index contributed by atoms with van der Waals surface area (Å²) in [6.45, 7) is 6.21. The lowest BCUT2D eigenvalue weighted by atomic mass is 9.85. The molecular formula is C32H38N2O5. The number of nitrogens with one attached hydrogen (secondary N) is 1. The van der Waals surface area contributed by atoms with E-state index in [0.717, 1.165) is 22.4 Å². The number of carbonyl (C=O) groups is 2. The minimum absolute atomic E-state index is 0.194. The topological polar surface area (TPSA) is 77.1 Å². The smallest absolute Gasteiger partial charge is 0.328 e. The highest BCUT2D eigenvalue weighted by molar-refractivity contribution is 5.91. The van der Waals surface area contributed by atoms with Crippen molar-refractivity contribution in [3.8, 4) is 16.9 Å². The van der Waals surface area contributed by atoms with Gasteiger partial charge in [0.15, 0.2) is 0 Å². The molecular weight excluding hydrogens is 492 g/mol. The zero-order valence-electron chi connectivity index (χ0n) is 23.6. The molecule has 1 N–H and O–H groups in total. The molecule has 3 aromatic rings. The molecule has 1 aliphatic heterocycles. The monoisotopic (exact) mass is 530 g/mol. The van der Waals surface area contributed by atoms with Crippen LogP contribution >= 0.6 is 0 Å². The highest BCUT2D eigenvalue weighted by atomic mass is 16.5. The van der Waals surface area contributed by atoms with Crippen LogP contribution in [0.3, 0.4) is 0 Å². The summed E-state index contributed by atoms with van der Waals surface area (Å²) in [5.74, 6) is 0.0313. The first-order valence-electron chi connectivity index (χ1n) is 13.1. The summed E-state index contributed by atoms with van der Waals surface area (Å²) >= 11 is 0. The van der Waals surface area contributed by atoms with Gasteiger partial charge in [0.05, 0.1) is 20.8 Å². The summed E-state index contributed by atoms with van der Waals surface area (Å²) in [5.41, 5.74) is 2.53. The van der Waals surface area contributed by atoms with E-state index in [2.05, 4.69) is 17.4 Å². The van der Waals surface area contributed by atoms with E-state index >= 15 is 0 Å². The number of rotatable bonds is 8. The van der Waals surface area contributed by atoms with Gasteiger partial charge in [-0.1, -0.05) is 81.4 Å². The van der Waals surface area contributed by atoms with Gasteiger partial charge in [0, 0.05) is 25.3 Å². The standard InChI is InChI=1S/C32H38N2O5/c1-31(2,3)28(33-25-13-10-14-26(19-25)37-4)29(35)34-21-32(39-6,20-27(34)30(36)38-5)24-17-15-23(16-18-24)22-11-8-7-9-12-22/h7-19,27-28,33H,20-21H2,1-6H3/t27-,28?,32-/m0/s1. The number of esters is 1. The van der Waals surface area contributed by atoms with Crippen molar-refractivity contribution in [2.45, 2.75) is 44.9 Å². The Kier molecular flexibility index (Phi) is 8.31. The van der Waals surface area contributed by atoms with Gasteiger partial charge in [-0.05, 0) is 34.2 Å². The first kappa shape index (κ1) is 28.2. The number of nitrogens with zero attached hydrogens (tertiary/aromatic N) is 1. The van der Waals surface area contributed by atoms with E-state index in [0.29, 0.717) is 12.2 Å². The van der Waals surface area contributed by atoms with Gasteiger partial charge in [0.1, 0.15) is 23.4 Å². The van der Waals surface area contributed by atoms with Crippen LogP contribution in [0.15, 0.2) is 78.9 Å². The quantitative estimate of drug-likeness (QED) is 0.388. The fraction of sp³-hybridized carbons (Fsp3) is 0.375. The van der Waals surface area contributed by atoms with Crippen LogP contribution in [0.1, 0.15) is 32.8 Å². The van der Waals surface area contributed by atoms with Gasteiger partial charge in [0.2, 0.25) is 5.91 Å². The minimum Gasteiger partial charge on any atom is -0.497 e. The maximum atomic E-state index is 14.2. The molecule has 4 rings (SSSR count). The SMILES string of the molecule is COC(=O)[C@@H]1C[C@@](OC)(c2ccc(-c3ccccc3)cc2)CN1C(=O)C(Nc1cccc(OC)c1)C(C)(C)C. The molecule has 0 saturated carbocycles. The first-order valence-corrected chi connectivity index (χ1v) is 13.1. The molecule has 0 aromatic heterocycles. The summed E-state index contributed by atoms with van der Waals surface area (Å²) in [4.78, 5) is 28.8. The lowest BCUT2D eigenvalue weighted by Crippen LogP contribution is -2.53. The third-order valence-corrected chi connectivity index (χ3v) is 7.48. The number of benzene rings is 3. The number of amides is 1. The molecule has 3 atom stereocenters. The average Bonchev–Trinajstić information content (AvgIpc) is 3.37. The summed E-state index contributed by atoms with van der Waals surface area (Å²) in [6, 6.07) is 24.3. The summed E-state index contributed by atoms with van der Waals surface area (Å²) in [7, 11) is 4.58. The van der Waals surface area contributed by atoms with E-state index in [1.54, 1.807) is 19.1 Å². The van der Waals surface area contributed by atoms with Crippen molar-refractivity contribution in [3.63, 3.8) is 0 Å². The molecule has 1 fully saturated rings. The number of likely N-dealkylation sites (tertiary alicyclic amines) is 1. The lowest BCUT2D eigenvalue weighted by molar-refractivity contribution is -0.151. The van der Waals surface area contributed by atoms with Crippen LogP contribution < -0.4 is 10.1 Å². The fourth-order valence-electron chi connectivity index (χ4n) is 5.22. The molecule has 1 unspecified atom stereocenters. The molecule has 0 bridgehead atoms. The zero-order chi connectivity index (χ0) is 28.2. The van der Waals surface area contributed by atoms with E-state index in [1.165, 1.54) is 7.11 Å². The van der Waals surface area contributed by atoms with Crippen LogP contribution in [-0.2, 0) is 24.7 Å². The number of carbonyl (C=O) groups excluding carboxylic acids is 2. The molecule has 0 aliphatic carbocycles. The van der Waals surface area contributed by atoms with Crippen LogP contribution in [0.5, 0.6) is 5.75 Å². The number of hydrogen-bond donors (Lipinski definition) is 1. The molecule has 7 heteroatoms. The molecule has 206 valence electrons. The third kappa shape index (κ3) is 5.93. The Bertz CT molecular complexity index is 1290. The Balaban J connectivity index is 1.67. The maximum absolute atomic E-state index is 14.2. The lowest BCUT2D eigenvalue weighted by Gasteiger charge is -2.36. The summed E-state index contributed by atoms with van der Waals surface area (Å²) in [6.07, 6.45) is 0.294. The molecule has 0 spiro atoms. The van der Waals surface area contributed by atoms with Crippen molar-refractivity contribution in [1.82, 2.24) is 4.90 Å². The second-order valence-corrected chi connectivity index (χ2v) is 11.0. The van der Waals surface area contributed by atoms with Gasteiger partial charge in [-0.3, -0.25) is 4.79 Å². The maximum Gasteiger partial charge on any atom is 0.328 e.